The van der Waals surface area contributed by atoms with E-state index in [2.05, 4.69) is 63.7 Å². The molecule has 1 aliphatic carbocycles. The molecule has 0 radical (unpaired) electrons. The van der Waals surface area contributed by atoms with E-state index in [0.717, 1.165) is 72.0 Å². The van der Waals surface area contributed by atoms with E-state index in [1.165, 1.54) is 28.8 Å². The van der Waals surface area contributed by atoms with Gasteiger partial charge >= 0.3 is 0 Å². The zero-order valence-corrected chi connectivity index (χ0v) is 25.6. The van der Waals surface area contributed by atoms with Crippen LogP contribution in [0.2, 0.25) is 0 Å². The van der Waals surface area contributed by atoms with Crippen LogP contribution in [-0.4, -0.2) is 32.1 Å². The van der Waals surface area contributed by atoms with E-state index in [0.29, 0.717) is 6.54 Å². The maximum Gasteiger partial charge on any atom is 0.121 e. The molecule has 1 aliphatic rings. The molecule has 2 aromatic heterocycles. The zero-order chi connectivity index (χ0) is 30.3. The maximum atomic E-state index is 6.25. The molecule has 6 rings (SSSR count). The number of aromatic amines is 1. The van der Waals surface area contributed by atoms with E-state index >= 15 is 0 Å². The number of nitrogens with one attached hydrogen (secondary N) is 2. The number of H-pyrrole nitrogens is 1. The van der Waals surface area contributed by atoms with Crippen LogP contribution in [0.1, 0.15) is 60.9 Å². The fourth-order valence-corrected chi connectivity index (χ4v) is 6.13. The van der Waals surface area contributed by atoms with Gasteiger partial charge in [0.15, 0.2) is 0 Å². The smallest absolute Gasteiger partial charge is 0.121 e. The molecule has 7 nitrogen and oxygen atoms in total. The van der Waals surface area contributed by atoms with Crippen molar-refractivity contribution in [3.8, 4) is 0 Å². The van der Waals surface area contributed by atoms with Crippen LogP contribution in [0.5, 0.6) is 0 Å². The van der Waals surface area contributed by atoms with Gasteiger partial charge in [-0.25, -0.2) is 4.98 Å². The van der Waals surface area contributed by atoms with Crippen LogP contribution in [0.15, 0.2) is 113 Å². The average Bonchev–Trinajstić information content (AvgIpc) is 3.46. The molecule has 1 atom stereocenters. The molecule has 7 heteroatoms. The summed E-state index contributed by atoms with van der Waals surface area (Å²) < 4.78 is 0. The van der Waals surface area contributed by atoms with Gasteiger partial charge in [-0.2, -0.15) is 0 Å². The molecule has 4 N–H and O–H groups in total. The maximum absolute atomic E-state index is 6.25. The van der Waals surface area contributed by atoms with Crippen molar-refractivity contribution in [2.45, 2.75) is 58.8 Å². The van der Waals surface area contributed by atoms with Crippen molar-refractivity contribution in [2.75, 3.05) is 6.54 Å². The Morgan fingerprint density at radius 3 is 2.50 bits per heavy atom. The molecule has 3 aromatic carbocycles. The Morgan fingerprint density at radius 2 is 1.70 bits per heavy atom. The van der Waals surface area contributed by atoms with Gasteiger partial charge in [-0.05, 0) is 80.1 Å². The number of pyridine rings is 1. The Balaban J connectivity index is 1.14. The summed E-state index contributed by atoms with van der Waals surface area (Å²) in [4.78, 5) is 20.6. The molecule has 0 saturated heterocycles. The number of aliphatic imine (C=N–C) groups is 1. The lowest BCUT2D eigenvalue weighted by atomic mass is 9.90. The van der Waals surface area contributed by atoms with Crippen molar-refractivity contribution in [3.05, 3.63) is 137 Å². The summed E-state index contributed by atoms with van der Waals surface area (Å²) in [5.41, 5.74) is 17.1. The monoisotopic (exact) mass is 583 g/mol. The number of rotatable bonds is 11. The molecule has 44 heavy (non-hydrogen) atoms. The molecule has 0 spiro atoms. The Bertz CT molecular complexity index is 1720. The SMILES string of the molecule is CC(=Nc1ccccc1)/C(CNCc1ccc(CN(Cc2nc3ccccc3[nH]2)C2CCCc3cccnc32)cc1)=C(/C)N. The lowest BCUT2D eigenvalue weighted by molar-refractivity contribution is 0.153. The highest BCUT2D eigenvalue weighted by molar-refractivity contribution is 6.00. The summed E-state index contributed by atoms with van der Waals surface area (Å²) in [5.74, 6) is 0.986. The van der Waals surface area contributed by atoms with Crippen molar-refractivity contribution < 1.29 is 0 Å². The Kier molecular flexibility index (Phi) is 9.25. The summed E-state index contributed by atoms with van der Waals surface area (Å²) >= 11 is 0. The minimum absolute atomic E-state index is 0.250. The van der Waals surface area contributed by atoms with Crippen LogP contribution < -0.4 is 11.1 Å². The van der Waals surface area contributed by atoms with Gasteiger partial charge in [-0.15, -0.1) is 0 Å². The summed E-state index contributed by atoms with van der Waals surface area (Å²) in [6.45, 7) is 6.92. The molecule has 1 unspecified atom stereocenters. The summed E-state index contributed by atoms with van der Waals surface area (Å²) in [7, 11) is 0. The largest absolute Gasteiger partial charge is 0.402 e. The molecule has 2 heterocycles. The molecule has 0 bridgehead atoms. The van der Waals surface area contributed by atoms with Gasteiger partial charge in [-0.3, -0.25) is 14.9 Å². The number of aromatic nitrogens is 3. The summed E-state index contributed by atoms with van der Waals surface area (Å²) in [6, 6.07) is 31.7. The summed E-state index contributed by atoms with van der Waals surface area (Å²) in [5, 5.41) is 3.57. The lowest BCUT2D eigenvalue weighted by Crippen LogP contribution is -2.31. The molecular formula is C37H41N7. The fraction of sp³-hybridized carbons (Fsp3) is 0.270. The highest BCUT2D eigenvalue weighted by Gasteiger charge is 2.28. The van der Waals surface area contributed by atoms with Crippen LogP contribution in [0, 0.1) is 0 Å². The number of fused-ring (bicyclic) bond motifs is 2. The summed E-state index contributed by atoms with van der Waals surface area (Å²) in [6.07, 6.45) is 5.28. The number of para-hydroxylation sites is 3. The number of aryl methyl sites for hydroxylation is 1. The molecule has 0 amide bonds. The van der Waals surface area contributed by atoms with Gasteiger partial charge in [0.2, 0.25) is 0 Å². The average molecular weight is 584 g/mol. The Morgan fingerprint density at radius 1 is 0.932 bits per heavy atom. The molecule has 0 fully saturated rings. The van der Waals surface area contributed by atoms with E-state index in [4.69, 9.17) is 20.7 Å². The van der Waals surface area contributed by atoms with E-state index < -0.39 is 0 Å². The number of benzene rings is 3. The third-order valence-corrected chi connectivity index (χ3v) is 8.40. The quantitative estimate of drug-likeness (QED) is 0.144. The van der Waals surface area contributed by atoms with Gasteiger partial charge in [0.25, 0.3) is 0 Å². The normalized spacial score (nSPS) is 15.8. The van der Waals surface area contributed by atoms with Crippen molar-refractivity contribution in [1.29, 1.82) is 0 Å². The molecule has 224 valence electrons. The first kappa shape index (κ1) is 29.5. The predicted molar refractivity (Wildman–Crippen MR) is 180 cm³/mol. The van der Waals surface area contributed by atoms with Crippen LogP contribution in [0.25, 0.3) is 11.0 Å². The van der Waals surface area contributed by atoms with E-state index in [-0.39, 0.29) is 6.04 Å². The van der Waals surface area contributed by atoms with Crippen LogP contribution in [-0.2, 0) is 26.1 Å². The first-order valence-corrected chi connectivity index (χ1v) is 15.5. The van der Waals surface area contributed by atoms with Crippen LogP contribution in [0.4, 0.5) is 5.69 Å². The van der Waals surface area contributed by atoms with E-state index in [9.17, 15) is 0 Å². The van der Waals surface area contributed by atoms with Crippen LogP contribution in [0.3, 0.4) is 0 Å². The number of nitrogens with two attached hydrogens (primary N) is 1. The first-order valence-electron chi connectivity index (χ1n) is 15.5. The van der Waals surface area contributed by atoms with Gasteiger partial charge in [0, 0.05) is 42.8 Å². The van der Waals surface area contributed by atoms with Gasteiger partial charge in [0.1, 0.15) is 5.82 Å². The highest BCUT2D eigenvalue weighted by atomic mass is 15.2. The van der Waals surface area contributed by atoms with E-state index in [1.807, 2.05) is 62.5 Å². The van der Waals surface area contributed by atoms with Crippen molar-refractivity contribution in [2.24, 2.45) is 10.7 Å². The topological polar surface area (TPSA) is 95.2 Å². The minimum atomic E-state index is 0.250. The second-order valence-corrected chi connectivity index (χ2v) is 11.7. The minimum Gasteiger partial charge on any atom is -0.402 e. The van der Waals surface area contributed by atoms with Crippen molar-refractivity contribution in [1.82, 2.24) is 25.2 Å². The zero-order valence-electron chi connectivity index (χ0n) is 25.6. The lowest BCUT2D eigenvalue weighted by Gasteiger charge is -2.34. The second-order valence-electron chi connectivity index (χ2n) is 11.7. The molecule has 0 aliphatic heterocycles. The molecule has 0 saturated carbocycles. The van der Waals surface area contributed by atoms with Crippen LogP contribution >= 0.6 is 0 Å². The number of imidazole rings is 1. The van der Waals surface area contributed by atoms with E-state index in [1.54, 1.807) is 0 Å². The Labute approximate surface area is 260 Å². The third-order valence-electron chi connectivity index (χ3n) is 8.40. The third kappa shape index (κ3) is 7.13. The first-order chi connectivity index (χ1) is 21.5. The second kappa shape index (κ2) is 13.8. The fourth-order valence-electron chi connectivity index (χ4n) is 6.13. The molecule has 5 aromatic rings. The van der Waals surface area contributed by atoms with Gasteiger partial charge in [-0.1, -0.05) is 60.7 Å². The van der Waals surface area contributed by atoms with Gasteiger partial charge < -0.3 is 16.0 Å². The number of hydrogen-bond donors (Lipinski definition) is 3. The number of allylic oxidation sites excluding steroid dienone is 1. The number of nitrogens with zero attached hydrogens (tertiary/aromatic N) is 4. The molecular weight excluding hydrogens is 542 g/mol. The number of hydrogen-bond acceptors (Lipinski definition) is 6. The van der Waals surface area contributed by atoms with Crippen molar-refractivity contribution >= 4 is 22.4 Å². The predicted octanol–water partition coefficient (Wildman–Crippen LogP) is 7.15. The van der Waals surface area contributed by atoms with Gasteiger partial charge in [0.05, 0.1) is 35.0 Å². The Hall–Kier alpha value is -4.59. The highest BCUT2D eigenvalue weighted by Crippen LogP contribution is 2.34. The standard InChI is InChI=1S/C37H41N7/c1-26(38)32(27(2)41-31-12-4-3-5-13-31)23-39-22-28-17-19-29(20-18-28)24-44(25-36-42-33-14-6-7-15-34(33)43-36)35-16-8-10-30-11-9-21-40-37(30)35/h3-7,9,11-15,17-21,35,39H,8,10,16,22-25,38H2,1-2H3,(H,42,43)/b32-26-,41-27?. The van der Waals surface area contributed by atoms with Crippen molar-refractivity contribution in [3.63, 3.8) is 0 Å².